The van der Waals surface area contributed by atoms with Gasteiger partial charge in [-0.3, -0.25) is 9.97 Å². The van der Waals surface area contributed by atoms with Crippen LogP contribution in [0.3, 0.4) is 0 Å². The Kier molecular flexibility index (Phi) is 4.77. The third-order valence-corrected chi connectivity index (χ3v) is 1.91. The second kappa shape index (κ2) is 5.63. The minimum Gasteiger partial charge on any atom is -0.434 e. The Hall–Kier alpha value is -0.0561. The second-order valence-electron chi connectivity index (χ2n) is 2.72. The maximum absolute atomic E-state index is 4.13. The summed E-state index contributed by atoms with van der Waals surface area (Å²) in [7, 11) is 0. The number of piperazine rings is 1. The molecule has 2 rings (SSSR count). The summed E-state index contributed by atoms with van der Waals surface area (Å²) in [6.07, 6.45) is 3.31. The van der Waals surface area contributed by atoms with Crippen LogP contribution in [-0.4, -0.2) is 36.1 Å². The Morgan fingerprint density at radius 2 is 1.85 bits per heavy atom. The molecule has 1 aromatic rings. The van der Waals surface area contributed by atoms with Crippen LogP contribution in [-0.2, 0) is 32.7 Å². The molecule has 0 amide bonds. The molecule has 0 aromatic carbocycles. The first-order chi connectivity index (χ1) is 5.97. The van der Waals surface area contributed by atoms with Crippen molar-refractivity contribution in [1.29, 1.82) is 0 Å². The molecule has 0 unspecified atom stereocenters. The Morgan fingerprint density at radius 1 is 1.23 bits per heavy atom. The SMILES string of the molecule is [Y].[c-]1cnc(N2CCNCC2)nc1. The minimum absolute atomic E-state index is 0. The van der Waals surface area contributed by atoms with Gasteiger partial charge in [-0.2, -0.15) is 0 Å². The van der Waals surface area contributed by atoms with Crippen LogP contribution in [0.1, 0.15) is 0 Å². The van der Waals surface area contributed by atoms with E-state index >= 15 is 0 Å². The monoisotopic (exact) mass is 252 g/mol. The van der Waals surface area contributed by atoms with E-state index in [1.54, 1.807) is 12.4 Å². The molecule has 1 aliphatic rings. The molecule has 4 nitrogen and oxygen atoms in total. The third-order valence-electron chi connectivity index (χ3n) is 1.91. The van der Waals surface area contributed by atoms with Crippen molar-refractivity contribution in [2.45, 2.75) is 0 Å². The normalized spacial score (nSPS) is 16.5. The van der Waals surface area contributed by atoms with Crippen molar-refractivity contribution in [1.82, 2.24) is 15.3 Å². The van der Waals surface area contributed by atoms with Gasteiger partial charge in [0.15, 0.2) is 0 Å². The van der Waals surface area contributed by atoms with E-state index in [1.807, 2.05) is 0 Å². The number of hydrogen-bond donors (Lipinski definition) is 1. The van der Waals surface area contributed by atoms with Crippen molar-refractivity contribution in [3.05, 3.63) is 18.5 Å². The molecule has 0 atom stereocenters. The molecule has 0 saturated carbocycles. The maximum atomic E-state index is 4.13. The topological polar surface area (TPSA) is 41.1 Å². The van der Waals surface area contributed by atoms with Gasteiger partial charge in [-0.15, -0.1) is 12.4 Å². The van der Waals surface area contributed by atoms with Gasteiger partial charge in [-0.05, 0) is 0 Å². The predicted molar refractivity (Wildman–Crippen MR) is 46.0 cm³/mol. The van der Waals surface area contributed by atoms with Gasteiger partial charge in [0.2, 0.25) is 5.95 Å². The Bertz CT molecular complexity index is 235. The molecule has 2 heterocycles. The number of anilines is 1. The molecule has 0 aliphatic carbocycles. The molecule has 1 fully saturated rings. The number of rotatable bonds is 1. The maximum Gasteiger partial charge on any atom is 0.219 e. The van der Waals surface area contributed by atoms with Crippen LogP contribution in [0.15, 0.2) is 12.4 Å². The summed E-state index contributed by atoms with van der Waals surface area (Å²) in [4.78, 5) is 10.4. The van der Waals surface area contributed by atoms with Crippen molar-refractivity contribution in [3.63, 3.8) is 0 Å². The standard InChI is InChI=1S/C8H11N4.Y/c1-2-10-8(11-3-1)12-6-4-9-5-7-12;/h2-3,9H,4-7H2;/q-1;. The summed E-state index contributed by atoms with van der Waals surface area (Å²) >= 11 is 0. The van der Waals surface area contributed by atoms with Crippen LogP contribution in [0, 0.1) is 6.07 Å². The van der Waals surface area contributed by atoms with Gasteiger partial charge in [0.25, 0.3) is 0 Å². The number of aromatic nitrogens is 2. The first-order valence-corrected chi connectivity index (χ1v) is 4.10. The van der Waals surface area contributed by atoms with Crippen molar-refractivity contribution >= 4 is 5.95 Å². The fraction of sp³-hybridized carbons (Fsp3) is 0.500. The predicted octanol–water partition coefficient (Wildman–Crippen LogP) is -0.316. The van der Waals surface area contributed by atoms with Crippen LogP contribution in [0.4, 0.5) is 5.95 Å². The van der Waals surface area contributed by atoms with E-state index in [-0.39, 0.29) is 32.7 Å². The molecule has 5 heteroatoms. The zero-order valence-corrected chi connectivity index (χ0v) is 10.2. The largest absolute Gasteiger partial charge is 0.434 e. The third kappa shape index (κ3) is 2.97. The fourth-order valence-corrected chi connectivity index (χ4v) is 1.28. The van der Waals surface area contributed by atoms with Crippen molar-refractivity contribution in [3.8, 4) is 0 Å². The number of nitrogens with zero attached hydrogens (tertiary/aromatic N) is 3. The van der Waals surface area contributed by atoms with Crippen LogP contribution >= 0.6 is 0 Å². The van der Waals surface area contributed by atoms with Gasteiger partial charge in [-0.1, -0.05) is 0 Å². The van der Waals surface area contributed by atoms with E-state index in [0.717, 1.165) is 32.1 Å². The Labute approximate surface area is 103 Å². The van der Waals surface area contributed by atoms with E-state index in [0.29, 0.717) is 0 Å². The van der Waals surface area contributed by atoms with Gasteiger partial charge in [0.1, 0.15) is 0 Å². The Balaban J connectivity index is 0.000000845. The summed E-state index contributed by atoms with van der Waals surface area (Å²) < 4.78 is 0. The summed E-state index contributed by atoms with van der Waals surface area (Å²) in [6, 6.07) is 2.81. The number of hydrogen-bond acceptors (Lipinski definition) is 4. The molecule has 1 aliphatic heterocycles. The van der Waals surface area contributed by atoms with Gasteiger partial charge in [-0.25, -0.2) is 0 Å². The summed E-state index contributed by atoms with van der Waals surface area (Å²) in [5.41, 5.74) is 0. The van der Waals surface area contributed by atoms with E-state index in [4.69, 9.17) is 0 Å². The van der Waals surface area contributed by atoms with Crippen LogP contribution in [0.2, 0.25) is 0 Å². The zero-order valence-electron chi connectivity index (χ0n) is 7.40. The minimum atomic E-state index is 0. The molecule has 1 aromatic heterocycles. The van der Waals surface area contributed by atoms with Crippen LogP contribution in [0.5, 0.6) is 0 Å². The smallest absolute Gasteiger partial charge is 0.219 e. The quantitative estimate of drug-likeness (QED) is 0.696. The van der Waals surface area contributed by atoms with Crippen LogP contribution in [0.25, 0.3) is 0 Å². The molecule has 0 bridgehead atoms. The van der Waals surface area contributed by atoms with E-state index in [2.05, 4.69) is 26.3 Å². The van der Waals surface area contributed by atoms with E-state index in [9.17, 15) is 0 Å². The van der Waals surface area contributed by atoms with Crippen molar-refractivity contribution in [2.24, 2.45) is 0 Å². The van der Waals surface area contributed by atoms with Crippen molar-refractivity contribution < 1.29 is 32.7 Å². The molecule has 1 saturated heterocycles. The average molecular weight is 252 g/mol. The average Bonchev–Trinajstić information content (AvgIpc) is 2.21. The van der Waals surface area contributed by atoms with E-state index < -0.39 is 0 Å². The van der Waals surface area contributed by atoms with Gasteiger partial charge in [0, 0.05) is 58.9 Å². The second-order valence-corrected chi connectivity index (χ2v) is 2.72. The summed E-state index contributed by atoms with van der Waals surface area (Å²) in [6.45, 7) is 4.01. The van der Waals surface area contributed by atoms with Gasteiger partial charge < -0.3 is 16.3 Å². The molecule has 1 radical (unpaired) electrons. The zero-order chi connectivity index (χ0) is 8.23. The molecule has 67 valence electrons. The van der Waals surface area contributed by atoms with E-state index in [1.165, 1.54) is 0 Å². The Morgan fingerprint density at radius 3 is 2.46 bits per heavy atom. The van der Waals surface area contributed by atoms with Crippen LogP contribution < -0.4 is 10.2 Å². The van der Waals surface area contributed by atoms with Gasteiger partial charge in [0.05, 0.1) is 0 Å². The molecule has 13 heavy (non-hydrogen) atoms. The molecular weight excluding hydrogens is 241 g/mol. The molecular formula is C8H11N4Y-. The first-order valence-electron chi connectivity index (χ1n) is 4.10. The summed E-state index contributed by atoms with van der Waals surface area (Å²) in [5, 5.41) is 3.28. The number of nitrogens with one attached hydrogen (secondary N) is 1. The molecule has 0 spiro atoms. The summed E-state index contributed by atoms with van der Waals surface area (Å²) in [5.74, 6) is 0.815. The molecule has 1 N–H and O–H groups in total. The van der Waals surface area contributed by atoms with Gasteiger partial charge >= 0.3 is 0 Å². The first kappa shape index (κ1) is 11.0. The van der Waals surface area contributed by atoms with Crippen molar-refractivity contribution in [2.75, 3.05) is 31.1 Å². The fourth-order valence-electron chi connectivity index (χ4n) is 1.28.